The molecule has 1 aliphatic heterocycles. The van der Waals surface area contributed by atoms with E-state index in [1.165, 1.54) is 5.56 Å². The number of nitrogens with one attached hydrogen (secondary N) is 1. The van der Waals surface area contributed by atoms with Crippen molar-refractivity contribution in [2.75, 3.05) is 18.5 Å². The van der Waals surface area contributed by atoms with Crippen LogP contribution >= 0.6 is 0 Å². The molecule has 0 spiro atoms. The summed E-state index contributed by atoms with van der Waals surface area (Å²) in [6.07, 6.45) is 2.64. The van der Waals surface area contributed by atoms with E-state index in [1.807, 2.05) is 24.3 Å². The van der Waals surface area contributed by atoms with Crippen LogP contribution < -0.4 is 5.32 Å². The van der Waals surface area contributed by atoms with E-state index >= 15 is 0 Å². The smallest absolute Gasteiger partial charge is 0.126 e. The molecule has 1 fully saturated rings. The maximum atomic E-state index is 8.83. The molecule has 2 heterocycles. The standard InChI is InChI=1S/C17H17N3O/c18-10-13-6-7-16(19-11-13)20-17(15-8-9-21-12-15)14-4-2-1-3-5-14/h1-7,11,15,17H,8-9,12H2,(H,19,20). The van der Waals surface area contributed by atoms with Gasteiger partial charge in [0.2, 0.25) is 0 Å². The second-order valence-corrected chi connectivity index (χ2v) is 5.20. The molecule has 4 heteroatoms. The Morgan fingerprint density at radius 3 is 2.71 bits per heavy atom. The number of nitriles is 1. The molecule has 4 nitrogen and oxygen atoms in total. The fraction of sp³-hybridized carbons (Fsp3) is 0.294. The Kier molecular flexibility index (Phi) is 4.13. The summed E-state index contributed by atoms with van der Waals surface area (Å²) >= 11 is 0. The minimum absolute atomic E-state index is 0.175. The van der Waals surface area contributed by atoms with Gasteiger partial charge in [0.1, 0.15) is 11.9 Å². The molecule has 1 saturated heterocycles. The SMILES string of the molecule is N#Cc1ccc(NC(c2ccccc2)C2CCOC2)nc1. The Hall–Kier alpha value is -2.38. The highest BCUT2D eigenvalue weighted by Crippen LogP contribution is 2.31. The first-order valence-corrected chi connectivity index (χ1v) is 7.12. The van der Waals surface area contributed by atoms with Crippen molar-refractivity contribution in [1.29, 1.82) is 5.26 Å². The van der Waals surface area contributed by atoms with Gasteiger partial charge < -0.3 is 10.1 Å². The monoisotopic (exact) mass is 279 g/mol. The summed E-state index contributed by atoms with van der Waals surface area (Å²) in [7, 11) is 0. The van der Waals surface area contributed by atoms with E-state index in [0.717, 1.165) is 25.5 Å². The van der Waals surface area contributed by atoms with Gasteiger partial charge in [-0.2, -0.15) is 5.26 Å². The lowest BCUT2D eigenvalue weighted by Gasteiger charge is -2.24. The van der Waals surface area contributed by atoms with Crippen LogP contribution in [0.3, 0.4) is 0 Å². The molecule has 1 aliphatic rings. The number of benzene rings is 1. The fourth-order valence-electron chi connectivity index (χ4n) is 2.65. The number of aromatic nitrogens is 1. The van der Waals surface area contributed by atoms with E-state index in [0.29, 0.717) is 11.5 Å². The molecule has 0 amide bonds. The summed E-state index contributed by atoms with van der Waals surface area (Å²) in [5.41, 5.74) is 1.81. The molecule has 0 aliphatic carbocycles. The van der Waals surface area contributed by atoms with Gasteiger partial charge in [0, 0.05) is 18.7 Å². The number of pyridine rings is 1. The average molecular weight is 279 g/mol. The van der Waals surface area contributed by atoms with Crippen LogP contribution in [0.1, 0.15) is 23.6 Å². The summed E-state index contributed by atoms with van der Waals surface area (Å²) in [6.45, 7) is 1.58. The Labute approximate surface area is 124 Å². The van der Waals surface area contributed by atoms with Crippen LogP contribution in [-0.2, 0) is 4.74 Å². The third kappa shape index (κ3) is 3.21. The summed E-state index contributed by atoms with van der Waals surface area (Å²) in [4.78, 5) is 4.31. The predicted molar refractivity (Wildman–Crippen MR) is 80.7 cm³/mol. The van der Waals surface area contributed by atoms with Crippen LogP contribution in [0.2, 0.25) is 0 Å². The number of ether oxygens (including phenoxy) is 1. The highest BCUT2D eigenvalue weighted by atomic mass is 16.5. The van der Waals surface area contributed by atoms with Crippen molar-refractivity contribution in [3.8, 4) is 6.07 Å². The van der Waals surface area contributed by atoms with E-state index < -0.39 is 0 Å². The van der Waals surface area contributed by atoms with Crippen LogP contribution in [-0.4, -0.2) is 18.2 Å². The molecule has 3 rings (SSSR count). The van der Waals surface area contributed by atoms with Crippen molar-refractivity contribution < 1.29 is 4.74 Å². The molecule has 0 saturated carbocycles. The van der Waals surface area contributed by atoms with Gasteiger partial charge in [0.25, 0.3) is 0 Å². The van der Waals surface area contributed by atoms with Crippen molar-refractivity contribution in [3.05, 3.63) is 59.8 Å². The summed E-state index contributed by atoms with van der Waals surface area (Å²) < 4.78 is 5.53. The van der Waals surface area contributed by atoms with Crippen LogP contribution in [0.25, 0.3) is 0 Å². The Morgan fingerprint density at radius 2 is 2.10 bits per heavy atom. The Morgan fingerprint density at radius 1 is 1.24 bits per heavy atom. The van der Waals surface area contributed by atoms with Gasteiger partial charge in [0.05, 0.1) is 18.2 Å². The van der Waals surface area contributed by atoms with Gasteiger partial charge in [-0.05, 0) is 24.1 Å². The highest BCUT2D eigenvalue weighted by molar-refractivity contribution is 5.42. The van der Waals surface area contributed by atoms with Gasteiger partial charge in [-0.3, -0.25) is 0 Å². The van der Waals surface area contributed by atoms with E-state index in [-0.39, 0.29) is 6.04 Å². The zero-order valence-corrected chi connectivity index (χ0v) is 11.7. The van der Waals surface area contributed by atoms with Crippen molar-refractivity contribution in [2.45, 2.75) is 12.5 Å². The van der Waals surface area contributed by atoms with E-state index in [2.05, 4.69) is 28.5 Å². The van der Waals surface area contributed by atoms with Crippen LogP contribution in [0.4, 0.5) is 5.82 Å². The van der Waals surface area contributed by atoms with E-state index in [1.54, 1.807) is 12.3 Å². The van der Waals surface area contributed by atoms with Gasteiger partial charge in [-0.1, -0.05) is 30.3 Å². The zero-order valence-electron chi connectivity index (χ0n) is 11.7. The van der Waals surface area contributed by atoms with Crippen molar-refractivity contribution in [2.24, 2.45) is 5.92 Å². The first kappa shape index (κ1) is 13.6. The van der Waals surface area contributed by atoms with Gasteiger partial charge in [0.15, 0.2) is 0 Å². The maximum absolute atomic E-state index is 8.83. The lowest BCUT2D eigenvalue weighted by Crippen LogP contribution is -2.21. The zero-order chi connectivity index (χ0) is 14.5. The molecule has 2 atom stereocenters. The Balaban J connectivity index is 1.83. The van der Waals surface area contributed by atoms with Crippen LogP contribution in [0.5, 0.6) is 0 Å². The van der Waals surface area contributed by atoms with Crippen LogP contribution in [0.15, 0.2) is 48.7 Å². The first-order valence-electron chi connectivity index (χ1n) is 7.12. The van der Waals surface area contributed by atoms with Crippen LogP contribution in [0, 0.1) is 17.2 Å². The predicted octanol–water partition coefficient (Wildman–Crippen LogP) is 3.14. The second-order valence-electron chi connectivity index (χ2n) is 5.20. The molecule has 21 heavy (non-hydrogen) atoms. The molecule has 2 aromatic rings. The lowest BCUT2D eigenvalue weighted by molar-refractivity contribution is 0.182. The largest absolute Gasteiger partial charge is 0.381 e. The number of nitrogens with zero attached hydrogens (tertiary/aromatic N) is 2. The maximum Gasteiger partial charge on any atom is 0.126 e. The molecule has 1 N–H and O–H groups in total. The molecule has 0 bridgehead atoms. The normalized spacial score (nSPS) is 18.9. The Bertz CT molecular complexity index is 613. The van der Waals surface area contributed by atoms with Crippen molar-refractivity contribution in [3.63, 3.8) is 0 Å². The summed E-state index contributed by atoms with van der Waals surface area (Å²) in [5, 5.41) is 12.3. The molecule has 1 aromatic heterocycles. The molecule has 2 unspecified atom stereocenters. The van der Waals surface area contributed by atoms with Crippen molar-refractivity contribution in [1.82, 2.24) is 4.98 Å². The molecule has 1 aromatic carbocycles. The fourth-order valence-corrected chi connectivity index (χ4v) is 2.65. The number of anilines is 1. The van der Waals surface area contributed by atoms with Crippen molar-refractivity contribution >= 4 is 5.82 Å². The first-order chi connectivity index (χ1) is 10.4. The highest BCUT2D eigenvalue weighted by Gasteiger charge is 2.27. The molecular formula is C17H17N3O. The number of hydrogen-bond donors (Lipinski definition) is 1. The minimum atomic E-state index is 0.175. The third-order valence-corrected chi connectivity index (χ3v) is 3.79. The molecule has 106 valence electrons. The summed E-state index contributed by atoms with van der Waals surface area (Å²) in [5.74, 6) is 1.22. The van der Waals surface area contributed by atoms with Gasteiger partial charge >= 0.3 is 0 Å². The average Bonchev–Trinajstić information content (AvgIpc) is 3.08. The lowest BCUT2D eigenvalue weighted by atomic mass is 9.92. The van der Waals surface area contributed by atoms with Gasteiger partial charge in [-0.15, -0.1) is 0 Å². The minimum Gasteiger partial charge on any atom is -0.381 e. The molecular weight excluding hydrogens is 262 g/mol. The number of rotatable bonds is 4. The number of hydrogen-bond acceptors (Lipinski definition) is 4. The van der Waals surface area contributed by atoms with E-state index in [4.69, 9.17) is 10.00 Å². The van der Waals surface area contributed by atoms with Gasteiger partial charge in [-0.25, -0.2) is 4.98 Å². The molecule has 0 radical (unpaired) electrons. The quantitative estimate of drug-likeness (QED) is 0.934. The topological polar surface area (TPSA) is 57.9 Å². The second kappa shape index (κ2) is 6.38. The third-order valence-electron chi connectivity index (χ3n) is 3.79. The van der Waals surface area contributed by atoms with E-state index in [9.17, 15) is 0 Å². The summed E-state index contributed by atoms with van der Waals surface area (Å²) in [6, 6.07) is 16.3.